The van der Waals surface area contributed by atoms with Crippen molar-refractivity contribution in [2.45, 2.75) is 48.8 Å². The molecule has 1 spiro atoms. The van der Waals surface area contributed by atoms with Crippen LogP contribution >= 0.6 is 0 Å². The predicted molar refractivity (Wildman–Crippen MR) is 112 cm³/mol. The van der Waals surface area contributed by atoms with Gasteiger partial charge in [-0.25, -0.2) is 22.9 Å². The number of rotatable bonds is 3. The van der Waals surface area contributed by atoms with Gasteiger partial charge in [0.05, 0.1) is 10.6 Å². The number of benzene rings is 1. The van der Waals surface area contributed by atoms with Gasteiger partial charge < -0.3 is 9.88 Å². The average molecular weight is 460 g/mol. The molecule has 1 amide bonds. The van der Waals surface area contributed by atoms with Gasteiger partial charge in [-0.1, -0.05) is 19.3 Å². The zero-order valence-corrected chi connectivity index (χ0v) is 17.7. The van der Waals surface area contributed by atoms with E-state index in [2.05, 4.69) is 15.3 Å². The largest absolute Gasteiger partial charge is 0.324 e. The van der Waals surface area contributed by atoms with Crippen LogP contribution in [0.15, 0.2) is 41.4 Å². The highest BCUT2D eigenvalue weighted by Gasteiger charge is 2.52. The molecule has 1 saturated carbocycles. The first-order valence-electron chi connectivity index (χ1n) is 10.2. The number of nitrogens with two attached hydrogens (primary N) is 1. The number of nitrogens with zero attached hydrogens (tertiary/aromatic N) is 4. The molecule has 3 heterocycles. The number of nitrogens with one attached hydrogen (secondary N) is 1. The van der Waals surface area contributed by atoms with E-state index in [1.54, 1.807) is 10.6 Å². The summed E-state index contributed by atoms with van der Waals surface area (Å²) in [6.07, 6.45) is 3.01. The summed E-state index contributed by atoms with van der Waals surface area (Å²) in [5.74, 6) is -0.469. The number of alkyl halides is 1. The van der Waals surface area contributed by atoms with E-state index in [4.69, 9.17) is 5.14 Å². The second-order valence-electron chi connectivity index (χ2n) is 8.15. The molecule has 1 aromatic carbocycles. The van der Waals surface area contributed by atoms with Crippen LogP contribution in [-0.4, -0.2) is 39.1 Å². The van der Waals surface area contributed by atoms with Gasteiger partial charge in [-0.05, 0) is 43.2 Å². The first kappa shape index (κ1) is 20.8. The molecule has 0 bridgehead atoms. The topological polar surface area (TPSA) is 143 Å². The molecule has 2 aromatic heterocycles. The summed E-state index contributed by atoms with van der Waals surface area (Å²) in [7, 11) is -3.81. The summed E-state index contributed by atoms with van der Waals surface area (Å²) in [4.78, 5) is 21.8. The monoisotopic (exact) mass is 460 g/mol. The first-order chi connectivity index (χ1) is 15.2. The van der Waals surface area contributed by atoms with Crippen molar-refractivity contribution in [3.05, 3.63) is 42.2 Å². The van der Waals surface area contributed by atoms with E-state index in [9.17, 15) is 22.8 Å². The molecule has 1 unspecified atom stereocenters. The van der Waals surface area contributed by atoms with Crippen molar-refractivity contribution in [2.75, 3.05) is 5.32 Å². The molecule has 32 heavy (non-hydrogen) atoms. The Morgan fingerprint density at radius 1 is 1.19 bits per heavy atom. The van der Waals surface area contributed by atoms with E-state index < -0.39 is 27.8 Å². The predicted octanol–water partition coefficient (Wildman–Crippen LogP) is 2.68. The number of primary sulfonamides is 1. The number of aromatic nitrogens is 3. The van der Waals surface area contributed by atoms with Gasteiger partial charge in [-0.3, -0.25) is 10.0 Å². The number of amides is 1. The van der Waals surface area contributed by atoms with Crippen molar-refractivity contribution in [3.8, 4) is 0 Å². The van der Waals surface area contributed by atoms with Gasteiger partial charge >= 0.3 is 0 Å². The Balaban J connectivity index is 1.59. The number of hydroxylamine groups is 2. The minimum Gasteiger partial charge on any atom is -0.324 e. The van der Waals surface area contributed by atoms with E-state index in [1.165, 1.54) is 30.5 Å². The van der Waals surface area contributed by atoms with Crippen molar-refractivity contribution in [1.29, 1.82) is 0 Å². The molecule has 1 atom stereocenters. The molecule has 0 radical (unpaired) electrons. The van der Waals surface area contributed by atoms with Gasteiger partial charge in [0.15, 0.2) is 0 Å². The number of hydrogen-bond acceptors (Lipinski definition) is 7. The highest BCUT2D eigenvalue weighted by molar-refractivity contribution is 7.89. The Labute approximate surface area is 182 Å². The standard InChI is InChI=1S/C20H21FN6O4S/c21-16-15-10-12-11-23-19(24-13-4-6-14(7-5-13)32(22,30)31)25-17(12)26(15)20(18(28)27(16)29)8-2-1-3-9-20/h4-7,10-11,16,29H,1-3,8-9H2,(H2,22,30,31)(H,23,24,25). The Kier molecular flexibility index (Phi) is 4.69. The van der Waals surface area contributed by atoms with Crippen LogP contribution in [0.25, 0.3) is 11.0 Å². The second-order valence-corrected chi connectivity index (χ2v) is 9.71. The summed E-state index contributed by atoms with van der Waals surface area (Å²) in [5.41, 5.74) is -0.0109. The van der Waals surface area contributed by atoms with Crippen LogP contribution in [-0.2, 0) is 20.4 Å². The molecule has 5 rings (SSSR count). The Hall–Kier alpha value is -3.09. The Morgan fingerprint density at radius 2 is 1.88 bits per heavy atom. The molecule has 4 N–H and O–H groups in total. The van der Waals surface area contributed by atoms with Crippen LogP contribution in [0.5, 0.6) is 0 Å². The van der Waals surface area contributed by atoms with Crippen molar-refractivity contribution >= 4 is 38.6 Å². The highest BCUT2D eigenvalue weighted by Crippen LogP contribution is 2.46. The number of anilines is 2. The summed E-state index contributed by atoms with van der Waals surface area (Å²) < 4.78 is 39.4. The van der Waals surface area contributed by atoms with Crippen LogP contribution in [0, 0.1) is 0 Å². The van der Waals surface area contributed by atoms with Crippen molar-refractivity contribution in [1.82, 2.24) is 19.6 Å². The SMILES string of the molecule is NS(=O)(=O)c1ccc(Nc2ncc3cc4n(c3n2)C2(CCCCC2)C(=O)N(O)C4F)cc1. The van der Waals surface area contributed by atoms with E-state index in [1.807, 2.05) is 0 Å². The van der Waals surface area contributed by atoms with Crippen molar-refractivity contribution in [2.24, 2.45) is 5.14 Å². The zero-order chi connectivity index (χ0) is 22.7. The quantitative estimate of drug-likeness (QED) is 0.403. The van der Waals surface area contributed by atoms with Gasteiger partial charge in [-0.15, -0.1) is 0 Å². The molecular weight excluding hydrogens is 439 g/mol. The third-order valence-corrected chi connectivity index (χ3v) is 7.11. The van der Waals surface area contributed by atoms with Gasteiger partial charge in [0.2, 0.25) is 22.3 Å². The van der Waals surface area contributed by atoms with Gasteiger partial charge in [0.25, 0.3) is 5.91 Å². The minimum atomic E-state index is -3.81. The zero-order valence-electron chi connectivity index (χ0n) is 16.9. The summed E-state index contributed by atoms with van der Waals surface area (Å²) in [5, 5.41) is 19.0. The van der Waals surface area contributed by atoms with E-state index in [0.29, 0.717) is 29.6 Å². The molecule has 2 aliphatic rings. The lowest BCUT2D eigenvalue weighted by Gasteiger charge is -2.44. The Bertz CT molecular complexity index is 1320. The van der Waals surface area contributed by atoms with Crippen LogP contribution < -0.4 is 10.5 Å². The molecule has 1 fully saturated rings. The maximum atomic E-state index is 14.9. The molecule has 168 valence electrons. The number of hydrogen-bond donors (Lipinski definition) is 3. The van der Waals surface area contributed by atoms with Crippen LogP contribution in [0.4, 0.5) is 16.0 Å². The molecule has 3 aromatic rings. The molecule has 1 aliphatic carbocycles. The molecule has 12 heteroatoms. The van der Waals surface area contributed by atoms with Crippen LogP contribution in [0.2, 0.25) is 0 Å². The van der Waals surface area contributed by atoms with Gasteiger partial charge in [-0.2, -0.15) is 10.0 Å². The lowest BCUT2D eigenvalue weighted by Crippen LogP contribution is -2.55. The molecule has 10 nitrogen and oxygen atoms in total. The fourth-order valence-corrected chi connectivity index (χ4v) is 5.18. The van der Waals surface area contributed by atoms with E-state index in [-0.39, 0.29) is 21.6 Å². The van der Waals surface area contributed by atoms with E-state index in [0.717, 1.165) is 19.3 Å². The molecule has 0 saturated heterocycles. The summed E-state index contributed by atoms with van der Waals surface area (Å²) in [6, 6.07) is 7.31. The van der Waals surface area contributed by atoms with Crippen molar-refractivity contribution < 1.29 is 22.8 Å². The number of halogens is 1. The lowest BCUT2D eigenvalue weighted by atomic mass is 9.79. The maximum Gasteiger partial charge on any atom is 0.275 e. The highest BCUT2D eigenvalue weighted by atomic mass is 32.2. The second kappa shape index (κ2) is 7.22. The van der Waals surface area contributed by atoms with Crippen LogP contribution in [0.3, 0.4) is 0 Å². The normalized spacial score (nSPS) is 20.5. The summed E-state index contributed by atoms with van der Waals surface area (Å²) in [6.45, 7) is 0. The number of carbonyl (C=O) groups is 1. The fraction of sp³-hybridized carbons (Fsp3) is 0.350. The fourth-order valence-electron chi connectivity index (χ4n) is 4.66. The van der Waals surface area contributed by atoms with Gasteiger partial charge in [0.1, 0.15) is 11.2 Å². The third-order valence-electron chi connectivity index (χ3n) is 6.18. The van der Waals surface area contributed by atoms with Crippen molar-refractivity contribution in [3.63, 3.8) is 0 Å². The maximum absolute atomic E-state index is 14.9. The third kappa shape index (κ3) is 3.14. The molecule has 1 aliphatic heterocycles. The number of fused-ring (bicyclic) bond motifs is 4. The van der Waals surface area contributed by atoms with Crippen LogP contribution in [0.1, 0.15) is 44.1 Å². The smallest absolute Gasteiger partial charge is 0.275 e. The average Bonchev–Trinajstić information content (AvgIpc) is 3.16. The minimum absolute atomic E-state index is 0.0274. The summed E-state index contributed by atoms with van der Waals surface area (Å²) >= 11 is 0. The lowest BCUT2D eigenvalue weighted by molar-refractivity contribution is -0.213. The first-order valence-corrected chi connectivity index (χ1v) is 11.7. The number of sulfonamides is 1. The molecular formula is C20H21FN6O4S. The Morgan fingerprint density at radius 3 is 2.53 bits per heavy atom. The van der Waals surface area contributed by atoms with Gasteiger partial charge in [0, 0.05) is 17.3 Å². The number of carbonyl (C=O) groups excluding carboxylic acids is 1. The van der Waals surface area contributed by atoms with E-state index >= 15 is 0 Å².